The molecule has 2 aliphatic rings. The molecule has 3 heteroatoms. The van der Waals surface area contributed by atoms with Gasteiger partial charge in [0, 0.05) is 12.7 Å². The molecule has 0 N–H and O–H groups in total. The highest BCUT2D eigenvalue weighted by atomic mass is 32.2. The van der Waals surface area contributed by atoms with Gasteiger partial charge in [0.1, 0.15) is 11.0 Å². The van der Waals surface area contributed by atoms with Gasteiger partial charge in [-0.05, 0) is 37.8 Å². The molecule has 0 bridgehead atoms. The number of nitrogens with zero attached hydrogens (tertiary/aromatic N) is 1. The summed E-state index contributed by atoms with van der Waals surface area (Å²) in [7, 11) is 1.10. The molecule has 0 radical (unpaired) electrons. The molecule has 2 unspecified atom stereocenters. The van der Waals surface area contributed by atoms with Crippen molar-refractivity contribution in [2.75, 3.05) is 7.05 Å². The monoisotopic (exact) mass is 227 g/mol. The Kier molecular flexibility index (Phi) is 4.58. The van der Waals surface area contributed by atoms with Crippen LogP contribution in [0.4, 0.5) is 0 Å². The minimum atomic E-state index is -0.824. The molecule has 15 heavy (non-hydrogen) atoms. The zero-order chi connectivity index (χ0) is 11.4. The molecule has 86 valence electrons. The predicted octanol–water partition coefficient (Wildman–Crippen LogP) is 3.00. The molecule has 1 aliphatic heterocycles. The number of allylic oxidation sites excluding steroid dienone is 3. The fourth-order valence-electron chi connectivity index (χ4n) is 2.02. The normalized spacial score (nSPS) is 29.5. The van der Waals surface area contributed by atoms with Crippen LogP contribution in [-0.4, -0.2) is 20.8 Å². The summed E-state index contributed by atoms with van der Waals surface area (Å²) in [5.41, 5.74) is 2.68. The lowest BCUT2D eigenvalue weighted by molar-refractivity contribution is 0.565. The molecule has 0 spiro atoms. The lowest BCUT2D eigenvalue weighted by Crippen LogP contribution is -2.34. The van der Waals surface area contributed by atoms with Crippen LogP contribution in [0.2, 0.25) is 0 Å². The van der Waals surface area contributed by atoms with Gasteiger partial charge in [-0.25, -0.2) is 4.21 Å². The smallest absolute Gasteiger partial charge is 0.122 e. The van der Waals surface area contributed by atoms with Crippen molar-refractivity contribution in [3.8, 4) is 0 Å². The minimum Gasteiger partial charge on any atom is -0.295 e. The molecule has 0 saturated carbocycles. The van der Waals surface area contributed by atoms with Crippen molar-refractivity contribution in [1.82, 2.24) is 4.31 Å². The Balaban J connectivity index is 0.000000531. The van der Waals surface area contributed by atoms with Gasteiger partial charge in [-0.1, -0.05) is 19.9 Å². The van der Waals surface area contributed by atoms with E-state index in [2.05, 4.69) is 19.1 Å². The van der Waals surface area contributed by atoms with Crippen molar-refractivity contribution >= 4 is 11.0 Å². The lowest BCUT2D eigenvalue weighted by Gasteiger charge is -2.33. The molecule has 2 rings (SSSR count). The van der Waals surface area contributed by atoms with Crippen molar-refractivity contribution in [3.63, 3.8) is 0 Å². The molecule has 0 amide bonds. The summed E-state index contributed by atoms with van der Waals surface area (Å²) in [5.74, 6) is 0. The third-order valence-corrected chi connectivity index (χ3v) is 4.33. The largest absolute Gasteiger partial charge is 0.295 e. The topological polar surface area (TPSA) is 20.3 Å². The maximum absolute atomic E-state index is 11.7. The zero-order valence-corrected chi connectivity index (χ0v) is 10.9. The second kappa shape index (κ2) is 5.50. The number of hydrogen-bond acceptors (Lipinski definition) is 1. The van der Waals surface area contributed by atoms with Crippen LogP contribution < -0.4 is 0 Å². The van der Waals surface area contributed by atoms with E-state index >= 15 is 0 Å². The van der Waals surface area contributed by atoms with Crippen molar-refractivity contribution < 1.29 is 4.21 Å². The highest BCUT2D eigenvalue weighted by molar-refractivity contribution is 7.83. The van der Waals surface area contributed by atoms with E-state index < -0.39 is 11.0 Å². The highest BCUT2D eigenvalue weighted by Gasteiger charge is 2.27. The molecule has 0 fully saturated rings. The van der Waals surface area contributed by atoms with E-state index in [1.807, 2.05) is 25.2 Å². The minimum absolute atomic E-state index is 0.287. The van der Waals surface area contributed by atoms with Gasteiger partial charge in [0.15, 0.2) is 0 Å². The van der Waals surface area contributed by atoms with E-state index in [0.717, 1.165) is 19.3 Å². The standard InChI is InChI=1S/C10H15NOS.C2H6/c1-8-7-9-5-3-4-6-10(9)11(2)13(8)12;1-2/h4,6,8H,3,5,7H2,1-2H3;1-2H3. The second-order valence-corrected chi connectivity index (χ2v) is 5.62. The highest BCUT2D eigenvalue weighted by Crippen LogP contribution is 2.32. The molecule has 2 nitrogen and oxygen atoms in total. The van der Waals surface area contributed by atoms with Gasteiger partial charge in [0.25, 0.3) is 0 Å². The van der Waals surface area contributed by atoms with E-state index in [0.29, 0.717) is 0 Å². The van der Waals surface area contributed by atoms with Gasteiger partial charge in [-0.2, -0.15) is 0 Å². The summed E-state index contributed by atoms with van der Waals surface area (Å²) in [6.07, 6.45) is 7.59. The Hall–Kier alpha value is -0.570. The molecular weight excluding hydrogens is 206 g/mol. The Morgan fingerprint density at radius 3 is 2.80 bits per heavy atom. The van der Waals surface area contributed by atoms with E-state index in [1.165, 1.54) is 11.3 Å². The first-order valence-corrected chi connectivity index (χ1v) is 6.90. The Labute approximate surface area is 95.6 Å². The van der Waals surface area contributed by atoms with Crippen LogP contribution in [0.1, 0.15) is 40.0 Å². The number of likely N-dealkylation sites (N-methyl/N-ethyl adjacent to an activating group) is 1. The van der Waals surface area contributed by atoms with Crippen molar-refractivity contribution in [2.24, 2.45) is 0 Å². The summed E-state index contributed by atoms with van der Waals surface area (Å²) in [6, 6.07) is 0. The van der Waals surface area contributed by atoms with Gasteiger partial charge in [-0.3, -0.25) is 4.31 Å². The average Bonchev–Trinajstić information content (AvgIpc) is 2.29. The van der Waals surface area contributed by atoms with Gasteiger partial charge in [-0.15, -0.1) is 0 Å². The first-order valence-electron chi connectivity index (χ1n) is 5.73. The molecule has 1 aliphatic carbocycles. The molecule has 2 atom stereocenters. The second-order valence-electron chi connectivity index (χ2n) is 3.72. The van der Waals surface area contributed by atoms with Gasteiger partial charge < -0.3 is 0 Å². The van der Waals surface area contributed by atoms with Gasteiger partial charge >= 0.3 is 0 Å². The van der Waals surface area contributed by atoms with Crippen LogP contribution >= 0.6 is 0 Å². The lowest BCUT2D eigenvalue weighted by atomic mass is 9.98. The van der Waals surface area contributed by atoms with E-state index in [9.17, 15) is 4.21 Å². The van der Waals surface area contributed by atoms with Crippen LogP contribution in [0.3, 0.4) is 0 Å². The zero-order valence-electron chi connectivity index (χ0n) is 10.1. The first-order chi connectivity index (χ1) is 7.20. The van der Waals surface area contributed by atoms with E-state index in [-0.39, 0.29) is 5.25 Å². The summed E-state index contributed by atoms with van der Waals surface area (Å²) in [4.78, 5) is 0. The SMILES string of the molecule is CC.CC1CC2=C(C=CCC2)N(C)S1=O. The molecular formula is C12H21NOS. The Morgan fingerprint density at radius 1 is 1.47 bits per heavy atom. The molecule has 1 heterocycles. The van der Waals surface area contributed by atoms with Crippen molar-refractivity contribution in [2.45, 2.75) is 45.3 Å². The summed E-state index contributed by atoms with van der Waals surface area (Å²) >= 11 is 0. The number of rotatable bonds is 0. The van der Waals surface area contributed by atoms with Gasteiger partial charge in [0.2, 0.25) is 0 Å². The quantitative estimate of drug-likeness (QED) is 0.623. The first kappa shape index (κ1) is 12.5. The maximum Gasteiger partial charge on any atom is 0.122 e. The Bertz CT molecular complexity index is 307. The number of hydrogen-bond donors (Lipinski definition) is 0. The van der Waals surface area contributed by atoms with Crippen LogP contribution in [0, 0.1) is 0 Å². The van der Waals surface area contributed by atoms with Crippen molar-refractivity contribution in [1.29, 1.82) is 0 Å². The van der Waals surface area contributed by atoms with E-state index in [4.69, 9.17) is 0 Å². The molecule has 0 aromatic rings. The third-order valence-electron chi connectivity index (χ3n) is 2.74. The summed E-state index contributed by atoms with van der Waals surface area (Å²) < 4.78 is 13.7. The molecule has 0 saturated heterocycles. The van der Waals surface area contributed by atoms with Crippen LogP contribution in [0.5, 0.6) is 0 Å². The fraction of sp³-hybridized carbons (Fsp3) is 0.667. The van der Waals surface area contributed by atoms with Crippen molar-refractivity contribution in [3.05, 3.63) is 23.4 Å². The average molecular weight is 227 g/mol. The van der Waals surface area contributed by atoms with Crippen LogP contribution in [-0.2, 0) is 11.0 Å². The summed E-state index contributed by atoms with van der Waals surface area (Å²) in [6.45, 7) is 6.06. The van der Waals surface area contributed by atoms with E-state index in [1.54, 1.807) is 0 Å². The predicted molar refractivity (Wildman–Crippen MR) is 66.7 cm³/mol. The van der Waals surface area contributed by atoms with Crippen LogP contribution in [0.15, 0.2) is 23.4 Å². The molecule has 0 aromatic carbocycles. The molecule has 0 aromatic heterocycles. The summed E-state index contributed by atoms with van der Waals surface area (Å²) in [5, 5.41) is 0.287. The van der Waals surface area contributed by atoms with Gasteiger partial charge in [0.05, 0.1) is 5.25 Å². The van der Waals surface area contributed by atoms with Crippen LogP contribution in [0.25, 0.3) is 0 Å². The maximum atomic E-state index is 11.7. The Morgan fingerprint density at radius 2 is 2.13 bits per heavy atom. The fourth-order valence-corrected chi connectivity index (χ4v) is 3.29. The third kappa shape index (κ3) is 2.51.